The Morgan fingerprint density at radius 2 is 1.94 bits per heavy atom. The van der Waals surface area contributed by atoms with E-state index in [1.807, 2.05) is 20.8 Å². The van der Waals surface area contributed by atoms with E-state index in [0.717, 1.165) is 6.42 Å². The van der Waals surface area contributed by atoms with Gasteiger partial charge in [-0.15, -0.1) is 0 Å². The smallest absolute Gasteiger partial charge is 0.326 e. The Balaban J connectivity index is 4.23. The molecule has 0 fully saturated rings. The van der Waals surface area contributed by atoms with Gasteiger partial charge in [-0.25, -0.2) is 9.59 Å². The standard InChI is InChI=1S/C11H22N2O3/c1-5-6-9(10(14)15)12-11(16)13(4)7-8(2)3/h8-9H,5-7H2,1-4H3,(H,12,16)(H,14,15)/t9-/m1/s1. The van der Waals surface area contributed by atoms with E-state index in [4.69, 9.17) is 5.11 Å². The number of nitrogens with zero attached hydrogens (tertiary/aromatic N) is 1. The zero-order valence-corrected chi connectivity index (χ0v) is 10.5. The first-order valence-electron chi connectivity index (χ1n) is 5.62. The minimum atomic E-state index is -0.979. The van der Waals surface area contributed by atoms with E-state index in [1.54, 1.807) is 7.05 Å². The van der Waals surface area contributed by atoms with E-state index < -0.39 is 12.0 Å². The van der Waals surface area contributed by atoms with Crippen LogP contribution in [0, 0.1) is 5.92 Å². The summed E-state index contributed by atoms with van der Waals surface area (Å²) in [7, 11) is 1.67. The van der Waals surface area contributed by atoms with Gasteiger partial charge in [-0.3, -0.25) is 0 Å². The van der Waals surface area contributed by atoms with E-state index in [-0.39, 0.29) is 6.03 Å². The largest absolute Gasteiger partial charge is 0.480 e. The third-order valence-electron chi connectivity index (χ3n) is 2.16. The van der Waals surface area contributed by atoms with Crippen LogP contribution in [0.1, 0.15) is 33.6 Å². The van der Waals surface area contributed by atoms with Gasteiger partial charge in [0.2, 0.25) is 0 Å². The molecule has 0 saturated carbocycles. The molecule has 2 N–H and O–H groups in total. The Labute approximate surface area is 96.8 Å². The number of carboxylic acid groups (broad SMARTS) is 1. The van der Waals surface area contributed by atoms with Gasteiger partial charge < -0.3 is 15.3 Å². The predicted molar refractivity (Wildman–Crippen MR) is 62.3 cm³/mol. The molecular weight excluding hydrogens is 208 g/mol. The molecule has 0 saturated heterocycles. The SMILES string of the molecule is CCC[C@@H](NC(=O)N(C)CC(C)C)C(=O)O. The van der Waals surface area contributed by atoms with Crippen molar-refractivity contribution in [1.82, 2.24) is 10.2 Å². The predicted octanol–water partition coefficient (Wildman–Crippen LogP) is 1.54. The Kier molecular flexibility index (Phi) is 6.53. The maximum Gasteiger partial charge on any atom is 0.326 e. The fourth-order valence-electron chi connectivity index (χ4n) is 1.44. The van der Waals surface area contributed by atoms with Gasteiger partial charge in [-0.1, -0.05) is 27.2 Å². The maximum atomic E-state index is 11.6. The molecule has 0 heterocycles. The number of carbonyl (C=O) groups excluding carboxylic acids is 1. The molecule has 0 unspecified atom stereocenters. The lowest BCUT2D eigenvalue weighted by atomic mass is 10.2. The lowest BCUT2D eigenvalue weighted by Crippen LogP contribution is -2.47. The lowest BCUT2D eigenvalue weighted by Gasteiger charge is -2.22. The number of urea groups is 1. The molecule has 94 valence electrons. The molecule has 1 atom stereocenters. The number of hydrogen-bond donors (Lipinski definition) is 2. The van der Waals surface area contributed by atoms with Crippen LogP contribution in [0.2, 0.25) is 0 Å². The highest BCUT2D eigenvalue weighted by molar-refractivity contribution is 5.82. The molecule has 0 aliphatic rings. The van der Waals surface area contributed by atoms with Crippen LogP contribution in [0.15, 0.2) is 0 Å². The van der Waals surface area contributed by atoms with Gasteiger partial charge in [-0.2, -0.15) is 0 Å². The van der Waals surface area contributed by atoms with Gasteiger partial charge in [-0.05, 0) is 12.3 Å². The number of rotatable bonds is 6. The highest BCUT2D eigenvalue weighted by atomic mass is 16.4. The third kappa shape index (κ3) is 5.58. The lowest BCUT2D eigenvalue weighted by molar-refractivity contribution is -0.139. The summed E-state index contributed by atoms with van der Waals surface area (Å²) in [6.45, 7) is 6.51. The molecule has 0 rings (SSSR count). The average Bonchev–Trinajstić information content (AvgIpc) is 2.15. The van der Waals surface area contributed by atoms with Crippen molar-refractivity contribution in [2.45, 2.75) is 39.7 Å². The van der Waals surface area contributed by atoms with E-state index in [2.05, 4.69) is 5.32 Å². The fourth-order valence-corrected chi connectivity index (χ4v) is 1.44. The van der Waals surface area contributed by atoms with Gasteiger partial charge >= 0.3 is 12.0 Å². The molecule has 16 heavy (non-hydrogen) atoms. The quantitative estimate of drug-likeness (QED) is 0.727. The molecule has 0 aromatic rings. The second kappa shape index (κ2) is 7.09. The molecular formula is C11H22N2O3. The Morgan fingerprint density at radius 3 is 2.31 bits per heavy atom. The topological polar surface area (TPSA) is 69.6 Å². The van der Waals surface area contributed by atoms with E-state index >= 15 is 0 Å². The van der Waals surface area contributed by atoms with Crippen molar-refractivity contribution in [1.29, 1.82) is 0 Å². The molecule has 0 spiro atoms. The minimum absolute atomic E-state index is 0.324. The first-order valence-corrected chi connectivity index (χ1v) is 5.62. The zero-order chi connectivity index (χ0) is 12.7. The van der Waals surface area contributed by atoms with Crippen LogP contribution in [-0.2, 0) is 4.79 Å². The summed E-state index contributed by atoms with van der Waals surface area (Å²) in [5, 5.41) is 11.4. The number of carboxylic acids is 1. The number of carbonyl (C=O) groups is 2. The van der Waals surface area contributed by atoms with Crippen LogP contribution in [0.3, 0.4) is 0 Å². The minimum Gasteiger partial charge on any atom is -0.480 e. The molecule has 2 amide bonds. The summed E-state index contributed by atoms with van der Waals surface area (Å²) in [4.78, 5) is 24.0. The zero-order valence-electron chi connectivity index (χ0n) is 10.5. The van der Waals surface area contributed by atoms with Crippen molar-refractivity contribution in [2.75, 3.05) is 13.6 Å². The molecule has 5 nitrogen and oxygen atoms in total. The van der Waals surface area contributed by atoms with E-state index in [9.17, 15) is 9.59 Å². The maximum absolute atomic E-state index is 11.6. The normalized spacial score (nSPS) is 12.3. The Morgan fingerprint density at radius 1 is 1.38 bits per heavy atom. The summed E-state index contributed by atoms with van der Waals surface area (Å²) >= 11 is 0. The van der Waals surface area contributed by atoms with Crippen molar-refractivity contribution in [3.05, 3.63) is 0 Å². The van der Waals surface area contributed by atoms with E-state index in [0.29, 0.717) is 18.9 Å². The highest BCUT2D eigenvalue weighted by Crippen LogP contribution is 2.00. The summed E-state index contributed by atoms with van der Waals surface area (Å²) < 4.78 is 0. The third-order valence-corrected chi connectivity index (χ3v) is 2.16. The number of amides is 2. The van der Waals surface area contributed by atoms with Gasteiger partial charge in [0, 0.05) is 13.6 Å². The van der Waals surface area contributed by atoms with E-state index in [1.165, 1.54) is 4.90 Å². The van der Waals surface area contributed by atoms with Crippen LogP contribution < -0.4 is 5.32 Å². The Bertz CT molecular complexity index is 241. The summed E-state index contributed by atoms with van der Waals surface area (Å²) in [6.07, 6.45) is 1.18. The van der Waals surface area contributed by atoms with Crippen LogP contribution in [0.4, 0.5) is 4.79 Å². The summed E-state index contributed by atoms with van der Waals surface area (Å²) in [5.74, 6) is -0.613. The van der Waals surface area contributed by atoms with Crippen molar-refractivity contribution in [2.24, 2.45) is 5.92 Å². The van der Waals surface area contributed by atoms with Crippen molar-refractivity contribution >= 4 is 12.0 Å². The van der Waals surface area contributed by atoms with Crippen molar-refractivity contribution in [3.8, 4) is 0 Å². The summed E-state index contributed by atoms with van der Waals surface area (Å²) in [5.41, 5.74) is 0. The van der Waals surface area contributed by atoms with Gasteiger partial charge in [0.05, 0.1) is 0 Å². The van der Waals surface area contributed by atoms with Crippen LogP contribution in [0.5, 0.6) is 0 Å². The van der Waals surface area contributed by atoms with Crippen molar-refractivity contribution in [3.63, 3.8) is 0 Å². The van der Waals surface area contributed by atoms with Gasteiger partial charge in [0.1, 0.15) is 6.04 Å². The van der Waals surface area contributed by atoms with Crippen LogP contribution in [-0.4, -0.2) is 41.6 Å². The first-order chi connectivity index (χ1) is 7.38. The average molecular weight is 230 g/mol. The second-order valence-corrected chi connectivity index (χ2v) is 4.40. The summed E-state index contributed by atoms with van der Waals surface area (Å²) in [6, 6.07) is -1.11. The van der Waals surface area contributed by atoms with Crippen LogP contribution >= 0.6 is 0 Å². The Hall–Kier alpha value is -1.26. The molecule has 0 aliphatic heterocycles. The van der Waals surface area contributed by atoms with Crippen LogP contribution in [0.25, 0.3) is 0 Å². The number of aliphatic carboxylic acids is 1. The molecule has 0 aromatic heterocycles. The second-order valence-electron chi connectivity index (χ2n) is 4.40. The number of nitrogens with one attached hydrogen (secondary N) is 1. The van der Waals surface area contributed by atoms with Crippen molar-refractivity contribution < 1.29 is 14.7 Å². The fraction of sp³-hybridized carbons (Fsp3) is 0.818. The monoisotopic (exact) mass is 230 g/mol. The molecule has 5 heteroatoms. The molecule has 0 bridgehead atoms. The van der Waals surface area contributed by atoms with Gasteiger partial charge in [0.15, 0.2) is 0 Å². The van der Waals surface area contributed by atoms with Gasteiger partial charge in [0.25, 0.3) is 0 Å². The first kappa shape index (κ1) is 14.7. The highest BCUT2D eigenvalue weighted by Gasteiger charge is 2.20. The molecule has 0 radical (unpaired) electrons. The molecule has 0 aliphatic carbocycles. The molecule has 0 aromatic carbocycles. The number of hydrogen-bond acceptors (Lipinski definition) is 2.